The third-order valence-corrected chi connectivity index (χ3v) is 18.6. The molecule has 894 valence electrons. The van der Waals surface area contributed by atoms with Gasteiger partial charge in [0.15, 0.2) is 0 Å². The first kappa shape index (κ1) is 156. The number of rotatable bonds is 93. The maximum absolute atomic E-state index is 13.7. The van der Waals surface area contributed by atoms with Gasteiger partial charge in [-0.1, -0.05) is 136 Å². The van der Waals surface area contributed by atoms with Crippen LogP contribution < -0.4 is 0 Å². The number of aliphatic hydroxyl groups is 3. The van der Waals surface area contributed by atoms with Gasteiger partial charge in [-0.05, 0) is 92.3 Å². The molecule has 0 fully saturated rings. The summed E-state index contributed by atoms with van der Waals surface area (Å²) in [5.41, 5.74) is 0. The summed E-state index contributed by atoms with van der Waals surface area (Å²) >= 11 is 24.0. The summed E-state index contributed by atoms with van der Waals surface area (Å²) < 4.78 is 567. The van der Waals surface area contributed by atoms with Crippen LogP contribution in [0, 0.1) is 0 Å². The van der Waals surface area contributed by atoms with Gasteiger partial charge >= 0.3 is 110 Å². The average molecular weight is 2370 g/mol. The number of alkyl halides is 36. The van der Waals surface area contributed by atoms with Crippen LogP contribution in [0.1, 0.15) is 194 Å². The second-order valence-corrected chi connectivity index (χ2v) is 32.6. The number of hydrogen-bond donors (Lipinski definition) is 9. The molecule has 0 saturated carbocycles. The number of ether oxygens (including phenoxy) is 21. The molecule has 0 aromatic heterocycles. The molecule has 0 saturated heterocycles. The summed E-state index contributed by atoms with van der Waals surface area (Å²) in [4.78, 5) is 0. The van der Waals surface area contributed by atoms with Crippen LogP contribution in [0.4, 0.5) is 158 Å². The van der Waals surface area contributed by atoms with Crippen molar-refractivity contribution in [3.63, 3.8) is 0 Å². The van der Waals surface area contributed by atoms with E-state index in [0.29, 0.717) is 38.5 Å². The highest BCUT2D eigenvalue weighted by atomic mass is 32.1. The van der Waals surface area contributed by atoms with Gasteiger partial charge in [0.05, 0.1) is 119 Å². The number of halogens is 36. The second kappa shape index (κ2) is 84.7. The predicted molar refractivity (Wildman–Crippen MR) is 475 cm³/mol. The second-order valence-electron chi connectivity index (χ2n) is 29.9. The lowest BCUT2D eigenvalue weighted by atomic mass is 10.1. The fourth-order valence-corrected chi connectivity index (χ4v) is 9.96. The molecule has 0 heterocycles. The molecular weight excluding hydrogens is 2230 g/mol. The van der Waals surface area contributed by atoms with Crippen molar-refractivity contribution >= 4 is 75.8 Å². The van der Waals surface area contributed by atoms with Crippen molar-refractivity contribution in [3.8, 4) is 0 Å². The van der Waals surface area contributed by atoms with Crippen LogP contribution >= 0.6 is 75.8 Å². The highest BCUT2D eigenvalue weighted by Crippen LogP contribution is 2.53. The Labute approximate surface area is 862 Å². The Hall–Kier alpha value is -1.38. The van der Waals surface area contributed by atoms with Crippen molar-refractivity contribution in [1.82, 2.24) is 0 Å². The summed E-state index contributed by atoms with van der Waals surface area (Å²) in [6.45, 7) is -12.4. The molecule has 147 heavy (non-hydrogen) atoms. The molecule has 0 atom stereocenters. The molecule has 0 bridgehead atoms. The Kier molecular flexibility index (Phi) is 90.1. The minimum Gasteiger partial charge on any atom is -0.394 e. The Morgan fingerprint density at radius 3 is 0.381 bits per heavy atom. The Morgan fingerprint density at radius 2 is 0.252 bits per heavy atom. The zero-order valence-electron chi connectivity index (χ0n) is 80.6. The standard InChI is InChI=1S/C26H42F12O9S.C24H38F12O8S.C22H34F12O7S.3C3H8S/c27-21(28,19-43-10-7-5-3-1-2-4-6-8-18-48)45-23(31,32)25(35,36)47-26(37,38)24(33,34)46-22(29,30)20-44-17-16-42-15-14-41-13-12-40-11-9-39;25-19(26,17-40-10-7-5-3-1-2-4-6-8-16-45)42-21(29,30)23(33,34)44-24(35,36)22(31,32)43-20(27,28)18-41-15-14-39-13-12-38-11-9-37;23-17(24,15-37-10-7-5-3-1-2-4-6-8-14-42)39-19(27,28)21(31,32)41-22(33,34)20(29,30)40-18(25,26)16-38-13-12-36-11-9-35;3*1-2-3-4/h39,48H,1-20H2;37,45H,1-18H2;35,42H,1-16H2;3*4H,2-3H2,1H3. The molecule has 0 aromatic rings. The first-order valence-electron chi connectivity index (χ1n) is 45.5. The van der Waals surface area contributed by atoms with E-state index in [1.54, 1.807) is 0 Å². The summed E-state index contributed by atoms with van der Waals surface area (Å²) in [7, 11) is 0. The van der Waals surface area contributed by atoms with Crippen LogP contribution in [0.5, 0.6) is 0 Å². The quantitative estimate of drug-likeness (QED) is 0.0156. The molecule has 0 aliphatic heterocycles. The van der Waals surface area contributed by atoms with Crippen LogP contribution in [0.2, 0.25) is 0 Å². The molecule has 0 aromatic carbocycles. The Balaban J connectivity index is -0.000000479. The van der Waals surface area contributed by atoms with E-state index in [1.807, 2.05) is 9.47 Å². The third kappa shape index (κ3) is 83.6. The van der Waals surface area contributed by atoms with Gasteiger partial charge in [0.1, 0.15) is 39.6 Å². The minimum absolute atomic E-state index is 0.00113. The Morgan fingerprint density at radius 1 is 0.143 bits per heavy atom. The molecule has 0 unspecified atom stereocenters. The lowest BCUT2D eigenvalue weighted by Crippen LogP contribution is -2.58. The number of unbranched alkanes of at least 4 members (excludes halogenated alkanes) is 21. The van der Waals surface area contributed by atoms with Crippen molar-refractivity contribution < 1.29 is 273 Å². The fourth-order valence-electron chi connectivity index (χ4n) is 9.29. The zero-order chi connectivity index (χ0) is 114. The van der Waals surface area contributed by atoms with Gasteiger partial charge in [-0.25, -0.2) is 42.6 Å². The monoisotopic (exact) mass is 2370 g/mol. The molecule has 0 amide bonds. The van der Waals surface area contributed by atoms with Gasteiger partial charge in [0.25, 0.3) is 0 Å². The van der Waals surface area contributed by atoms with Crippen molar-refractivity contribution in [3.05, 3.63) is 0 Å². The smallest absolute Gasteiger partial charge is 0.394 e. The number of hydrogen-bond acceptors (Lipinski definition) is 30. The largest absolute Gasteiger partial charge is 0.453 e. The maximum atomic E-state index is 13.7. The summed E-state index contributed by atoms with van der Waals surface area (Å²) in [5, 5.41) is 25.4. The molecule has 0 aliphatic carbocycles. The molecule has 66 heteroatoms. The highest BCUT2D eigenvalue weighted by Gasteiger charge is 2.77. The normalized spacial score (nSPS) is 13.5. The maximum Gasteiger partial charge on any atom is 0.453 e. The lowest BCUT2D eigenvalue weighted by Gasteiger charge is -2.34. The van der Waals surface area contributed by atoms with E-state index < -0.39 is 216 Å². The minimum atomic E-state index is -6.95. The van der Waals surface area contributed by atoms with Gasteiger partial charge < -0.3 is 72.2 Å². The molecule has 0 aliphatic rings. The highest BCUT2D eigenvalue weighted by molar-refractivity contribution is 7.81. The first-order valence-corrected chi connectivity index (χ1v) is 49.3. The van der Waals surface area contributed by atoms with Crippen LogP contribution in [-0.4, -0.2) is 338 Å². The van der Waals surface area contributed by atoms with Crippen LogP contribution in [0.15, 0.2) is 0 Å². The van der Waals surface area contributed by atoms with E-state index >= 15 is 0 Å². The fraction of sp³-hybridized carbons (Fsp3) is 1.00. The lowest BCUT2D eigenvalue weighted by molar-refractivity contribution is -0.558. The van der Waals surface area contributed by atoms with Gasteiger partial charge in [-0.3, -0.25) is 0 Å². The van der Waals surface area contributed by atoms with E-state index in [2.05, 4.69) is 163 Å². The van der Waals surface area contributed by atoms with E-state index in [-0.39, 0.29) is 91.9 Å². The van der Waals surface area contributed by atoms with Crippen molar-refractivity contribution in [2.45, 2.75) is 304 Å². The summed E-state index contributed by atoms with van der Waals surface area (Å²) in [5.74, 6) is 5.34. The van der Waals surface area contributed by atoms with Crippen LogP contribution in [0.3, 0.4) is 0 Å². The summed E-state index contributed by atoms with van der Waals surface area (Å²) in [6.07, 6.45) is -91.9. The average Bonchev–Trinajstić information content (AvgIpc) is 0.771. The topological polar surface area (TPSA) is 255 Å². The van der Waals surface area contributed by atoms with E-state index in [0.717, 1.165) is 131 Å². The molecule has 0 radical (unpaired) electrons. The zero-order valence-corrected chi connectivity index (χ0v) is 86.0. The number of aliphatic hydroxyl groups excluding tert-OH is 3. The Bertz CT molecular complexity index is 3000. The van der Waals surface area contributed by atoms with Crippen molar-refractivity contribution in [2.75, 3.05) is 213 Å². The molecule has 24 nitrogen and oxygen atoms in total. The van der Waals surface area contributed by atoms with Gasteiger partial charge in [-0.2, -0.15) is 234 Å². The molecule has 3 N–H and O–H groups in total. The number of thiol groups is 6. The predicted octanol–water partition coefficient (Wildman–Crippen LogP) is 24.1. The summed E-state index contributed by atoms with van der Waals surface area (Å²) in [6, 6.07) is 0. The van der Waals surface area contributed by atoms with Gasteiger partial charge in [0, 0.05) is 19.8 Å². The van der Waals surface area contributed by atoms with E-state index in [9.17, 15) is 158 Å². The van der Waals surface area contributed by atoms with Gasteiger partial charge in [-0.15, -0.1) is 0 Å². The SMILES string of the molecule is CCCS.CCCS.CCCS.OCCOCCOCC(F)(F)OC(F)(F)C(F)(F)OC(F)(F)C(F)(F)OC(F)(F)COCCCCCCCCCCS.OCCOCCOCCOCC(F)(F)OC(F)(F)C(F)(F)OC(F)(F)C(F)(F)OC(F)(F)COCCCCCCCCCCS.OCCOCCOCCOCCOCC(F)(F)OC(F)(F)C(F)(F)OC(F)(F)C(F)(F)OC(F)(F)COCCCCCCCCCCS. The molecule has 0 rings (SSSR count). The molecular formula is C81H138F36O24S6. The third-order valence-electron chi connectivity index (χ3n) is 16.3. The van der Waals surface area contributed by atoms with E-state index in [1.165, 1.54) is 19.3 Å². The first-order chi connectivity index (χ1) is 68.0. The van der Waals surface area contributed by atoms with Crippen LogP contribution in [-0.2, 0) is 99.5 Å². The van der Waals surface area contributed by atoms with Crippen molar-refractivity contribution in [2.24, 2.45) is 0 Å². The van der Waals surface area contributed by atoms with Crippen LogP contribution in [0.25, 0.3) is 0 Å². The van der Waals surface area contributed by atoms with Crippen molar-refractivity contribution in [1.29, 1.82) is 0 Å². The molecule has 0 spiro atoms. The van der Waals surface area contributed by atoms with Gasteiger partial charge in [0.2, 0.25) is 0 Å². The van der Waals surface area contributed by atoms with E-state index in [4.69, 9.17) is 39.0 Å².